The number of benzene rings is 2. The van der Waals surface area contributed by atoms with E-state index in [1.165, 1.54) is 16.4 Å². The van der Waals surface area contributed by atoms with Crippen LogP contribution in [0.15, 0.2) is 47.4 Å². The molecule has 1 heterocycles. The molecule has 1 aliphatic heterocycles. The Balaban J connectivity index is 1.63. The lowest BCUT2D eigenvalue weighted by Gasteiger charge is -2.30. The number of hydrogen-bond acceptors (Lipinski definition) is 5. The number of aryl methyl sites for hydroxylation is 2. The minimum Gasteiger partial charge on any atom is -0.457 e. The number of ether oxygens (including phenoxy) is 1. The number of halogens is 1. The number of ketones is 1. The molecule has 1 saturated heterocycles. The molecule has 0 N–H and O–H groups in total. The average Bonchev–Trinajstić information content (AvgIpc) is 2.74. The predicted molar refractivity (Wildman–Crippen MR) is 109 cm³/mol. The molecule has 0 bridgehead atoms. The van der Waals surface area contributed by atoms with E-state index in [4.69, 9.17) is 4.74 Å². The van der Waals surface area contributed by atoms with Crippen LogP contribution in [-0.4, -0.2) is 44.2 Å². The Morgan fingerprint density at radius 3 is 2.53 bits per heavy atom. The molecule has 160 valence electrons. The Bertz CT molecular complexity index is 1050. The maximum Gasteiger partial charge on any atom is 0.310 e. The van der Waals surface area contributed by atoms with Crippen molar-refractivity contribution in [2.45, 2.75) is 31.6 Å². The Kier molecular flexibility index (Phi) is 6.67. The summed E-state index contributed by atoms with van der Waals surface area (Å²) in [7, 11) is -3.84. The van der Waals surface area contributed by atoms with Gasteiger partial charge in [-0.15, -0.1) is 0 Å². The molecule has 0 amide bonds. The predicted octanol–water partition coefficient (Wildman–Crippen LogP) is 3.27. The number of Topliss-reactive ketones (excluding diaryl/α,β-unsaturated/α-hetero) is 1. The van der Waals surface area contributed by atoms with Gasteiger partial charge in [0, 0.05) is 18.7 Å². The second-order valence-corrected chi connectivity index (χ2v) is 9.44. The Morgan fingerprint density at radius 1 is 1.13 bits per heavy atom. The molecule has 8 heteroatoms. The molecule has 30 heavy (non-hydrogen) atoms. The van der Waals surface area contributed by atoms with Gasteiger partial charge in [0.2, 0.25) is 15.8 Å². The highest BCUT2D eigenvalue weighted by atomic mass is 32.2. The van der Waals surface area contributed by atoms with E-state index in [-0.39, 0.29) is 30.4 Å². The summed E-state index contributed by atoms with van der Waals surface area (Å²) >= 11 is 0. The molecular weight excluding hydrogens is 409 g/mol. The normalized spacial score (nSPS) is 17.5. The van der Waals surface area contributed by atoms with Crippen molar-refractivity contribution in [3.63, 3.8) is 0 Å². The van der Waals surface area contributed by atoms with E-state index in [0.29, 0.717) is 18.4 Å². The standard InChI is InChI=1S/C22H24FNO5S/c1-15-5-6-16(2)20(12-15)21(25)14-29-22(26)17-4-3-11-24(13-17)30(27,28)19-9-7-18(23)8-10-19/h5-10,12,17H,3-4,11,13-14H2,1-2H3. The fourth-order valence-corrected chi connectivity index (χ4v) is 5.00. The SMILES string of the molecule is Cc1ccc(C)c(C(=O)COC(=O)C2CCCN(S(=O)(=O)c3ccc(F)cc3)C2)c1. The summed E-state index contributed by atoms with van der Waals surface area (Å²) in [5.41, 5.74) is 2.24. The molecule has 2 aromatic carbocycles. The number of sulfonamides is 1. The molecule has 1 fully saturated rings. The van der Waals surface area contributed by atoms with Crippen molar-refractivity contribution in [3.05, 3.63) is 65.0 Å². The van der Waals surface area contributed by atoms with Gasteiger partial charge in [0.1, 0.15) is 5.82 Å². The summed E-state index contributed by atoms with van der Waals surface area (Å²) in [4.78, 5) is 24.9. The van der Waals surface area contributed by atoms with Gasteiger partial charge in [0.05, 0.1) is 10.8 Å². The first-order valence-electron chi connectivity index (χ1n) is 9.71. The van der Waals surface area contributed by atoms with Gasteiger partial charge in [-0.1, -0.05) is 17.7 Å². The number of esters is 1. The minimum atomic E-state index is -3.84. The molecule has 0 aliphatic carbocycles. The molecule has 1 atom stereocenters. The van der Waals surface area contributed by atoms with Crippen molar-refractivity contribution >= 4 is 21.8 Å². The fourth-order valence-electron chi connectivity index (χ4n) is 3.48. The number of carbonyl (C=O) groups excluding carboxylic acids is 2. The van der Waals surface area contributed by atoms with Crippen LogP contribution < -0.4 is 0 Å². The number of hydrogen-bond donors (Lipinski definition) is 0. The number of piperidine rings is 1. The fraction of sp³-hybridized carbons (Fsp3) is 0.364. The van der Waals surface area contributed by atoms with Crippen molar-refractivity contribution in [3.8, 4) is 0 Å². The third-order valence-corrected chi connectivity index (χ3v) is 7.09. The lowest BCUT2D eigenvalue weighted by molar-refractivity contribution is -0.148. The molecular formula is C22H24FNO5S. The maximum absolute atomic E-state index is 13.1. The maximum atomic E-state index is 13.1. The summed E-state index contributed by atoms with van der Waals surface area (Å²) in [6.45, 7) is 3.54. The summed E-state index contributed by atoms with van der Waals surface area (Å²) in [5, 5.41) is 0. The van der Waals surface area contributed by atoms with Gasteiger partial charge in [0.15, 0.2) is 6.61 Å². The highest BCUT2D eigenvalue weighted by Gasteiger charge is 2.34. The molecule has 0 radical (unpaired) electrons. The van der Waals surface area contributed by atoms with Crippen molar-refractivity contribution in [2.24, 2.45) is 5.92 Å². The lowest BCUT2D eigenvalue weighted by Crippen LogP contribution is -2.43. The van der Waals surface area contributed by atoms with Crippen molar-refractivity contribution in [1.29, 1.82) is 0 Å². The highest BCUT2D eigenvalue weighted by molar-refractivity contribution is 7.89. The smallest absolute Gasteiger partial charge is 0.310 e. The summed E-state index contributed by atoms with van der Waals surface area (Å²) in [6, 6.07) is 10.1. The topological polar surface area (TPSA) is 80.8 Å². The van der Waals surface area contributed by atoms with E-state index in [1.54, 1.807) is 6.07 Å². The number of carbonyl (C=O) groups is 2. The van der Waals surface area contributed by atoms with E-state index >= 15 is 0 Å². The second kappa shape index (κ2) is 9.06. The number of nitrogens with zero attached hydrogens (tertiary/aromatic N) is 1. The lowest BCUT2D eigenvalue weighted by atomic mass is 10.00. The van der Waals surface area contributed by atoms with Crippen LogP contribution in [-0.2, 0) is 19.6 Å². The van der Waals surface area contributed by atoms with Gasteiger partial charge in [-0.3, -0.25) is 9.59 Å². The van der Waals surface area contributed by atoms with Crippen molar-refractivity contribution in [2.75, 3.05) is 19.7 Å². The Labute approximate surface area is 175 Å². The van der Waals surface area contributed by atoms with Crippen LogP contribution in [0.1, 0.15) is 34.3 Å². The molecule has 6 nitrogen and oxygen atoms in total. The molecule has 0 aromatic heterocycles. The molecule has 1 aliphatic rings. The third kappa shape index (κ3) is 4.94. The molecule has 1 unspecified atom stereocenters. The highest BCUT2D eigenvalue weighted by Crippen LogP contribution is 2.25. The van der Waals surface area contributed by atoms with E-state index in [9.17, 15) is 22.4 Å². The Morgan fingerprint density at radius 2 is 1.83 bits per heavy atom. The molecule has 0 saturated carbocycles. The van der Waals surface area contributed by atoms with E-state index in [0.717, 1.165) is 23.3 Å². The zero-order valence-corrected chi connectivity index (χ0v) is 17.7. The average molecular weight is 434 g/mol. The van der Waals surface area contributed by atoms with Gasteiger partial charge in [0.25, 0.3) is 0 Å². The van der Waals surface area contributed by atoms with Crippen LogP contribution in [0.2, 0.25) is 0 Å². The monoisotopic (exact) mass is 433 g/mol. The molecule has 3 rings (SSSR count). The number of rotatable bonds is 6. The third-order valence-electron chi connectivity index (χ3n) is 5.21. The zero-order valence-electron chi connectivity index (χ0n) is 16.9. The van der Waals surface area contributed by atoms with Crippen LogP contribution in [0.4, 0.5) is 4.39 Å². The Hall–Kier alpha value is -2.58. The summed E-state index contributed by atoms with van der Waals surface area (Å²) in [6.07, 6.45) is 0.969. The van der Waals surface area contributed by atoms with E-state index < -0.39 is 27.7 Å². The van der Waals surface area contributed by atoms with Crippen LogP contribution in [0, 0.1) is 25.6 Å². The largest absolute Gasteiger partial charge is 0.457 e. The van der Waals surface area contributed by atoms with Gasteiger partial charge in [-0.2, -0.15) is 4.31 Å². The van der Waals surface area contributed by atoms with E-state index in [1.807, 2.05) is 26.0 Å². The molecule has 2 aromatic rings. The first-order valence-corrected chi connectivity index (χ1v) is 11.2. The quantitative estimate of drug-likeness (QED) is 0.516. The zero-order chi connectivity index (χ0) is 21.9. The summed E-state index contributed by atoms with van der Waals surface area (Å²) < 4.78 is 45.1. The van der Waals surface area contributed by atoms with Crippen LogP contribution in [0.5, 0.6) is 0 Å². The van der Waals surface area contributed by atoms with Gasteiger partial charge in [-0.25, -0.2) is 12.8 Å². The van der Waals surface area contributed by atoms with Gasteiger partial charge in [-0.05, 0) is 62.6 Å². The second-order valence-electron chi connectivity index (χ2n) is 7.51. The van der Waals surface area contributed by atoms with Crippen molar-refractivity contribution < 1.29 is 27.1 Å². The minimum absolute atomic E-state index is 0.0250. The van der Waals surface area contributed by atoms with Gasteiger partial charge >= 0.3 is 5.97 Å². The van der Waals surface area contributed by atoms with Crippen molar-refractivity contribution in [1.82, 2.24) is 4.31 Å². The van der Waals surface area contributed by atoms with E-state index in [2.05, 4.69) is 0 Å². The van der Waals surface area contributed by atoms with Crippen LogP contribution in [0.3, 0.4) is 0 Å². The van der Waals surface area contributed by atoms with Gasteiger partial charge < -0.3 is 4.74 Å². The summed E-state index contributed by atoms with van der Waals surface area (Å²) in [5.74, 6) is -2.06. The van der Waals surface area contributed by atoms with Crippen LogP contribution >= 0.6 is 0 Å². The van der Waals surface area contributed by atoms with Crippen LogP contribution in [0.25, 0.3) is 0 Å². The first kappa shape index (κ1) is 22.1. The molecule has 0 spiro atoms. The first-order chi connectivity index (χ1) is 14.2.